The quantitative estimate of drug-likeness (QED) is 0.682. The number of amides is 1. The second-order valence-electron chi connectivity index (χ2n) is 7.18. The third kappa shape index (κ3) is 3.76. The fourth-order valence-corrected chi connectivity index (χ4v) is 3.69. The van der Waals surface area contributed by atoms with E-state index >= 15 is 0 Å². The molecule has 1 saturated carbocycles. The summed E-state index contributed by atoms with van der Waals surface area (Å²) in [6.45, 7) is 4.63. The highest BCUT2D eigenvalue weighted by Gasteiger charge is 2.44. The second kappa shape index (κ2) is 7.20. The zero-order chi connectivity index (χ0) is 19.0. The molecule has 3 aromatic rings. The van der Waals surface area contributed by atoms with Gasteiger partial charge in [0.15, 0.2) is 0 Å². The van der Waals surface area contributed by atoms with Crippen LogP contribution < -0.4 is 5.32 Å². The highest BCUT2D eigenvalue weighted by atomic mass is 35.5. The summed E-state index contributed by atoms with van der Waals surface area (Å²) < 4.78 is 1.95. The van der Waals surface area contributed by atoms with Crippen molar-refractivity contribution in [3.8, 4) is 0 Å². The molecule has 1 heterocycles. The van der Waals surface area contributed by atoms with Crippen LogP contribution in [-0.4, -0.2) is 15.7 Å². The van der Waals surface area contributed by atoms with E-state index < -0.39 is 0 Å². The van der Waals surface area contributed by atoms with Gasteiger partial charge in [-0.15, -0.1) is 0 Å². The number of anilines is 1. The van der Waals surface area contributed by atoms with Crippen LogP contribution in [-0.2, 0) is 11.3 Å². The number of carbonyl (C=O) groups is 1. The number of hydrogen-bond donors (Lipinski definition) is 1. The lowest BCUT2D eigenvalue weighted by molar-refractivity contribution is -0.117. The number of hydrogen-bond acceptors (Lipinski definition) is 2. The summed E-state index contributed by atoms with van der Waals surface area (Å²) in [4.78, 5) is 12.7. The van der Waals surface area contributed by atoms with Gasteiger partial charge in [0.2, 0.25) is 5.91 Å². The highest BCUT2D eigenvalue weighted by molar-refractivity contribution is 6.30. The minimum absolute atomic E-state index is 0.0162. The summed E-state index contributed by atoms with van der Waals surface area (Å²) in [5.41, 5.74) is 5.02. The van der Waals surface area contributed by atoms with Gasteiger partial charge in [0.1, 0.15) is 0 Å². The van der Waals surface area contributed by atoms with E-state index in [0.717, 1.165) is 28.5 Å². The van der Waals surface area contributed by atoms with Gasteiger partial charge in [-0.25, -0.2) is 0 Å². The summed E-state index contributed by atoms with van der Waals surface area (Å²) in [5, 5.41) is 8.44. The Labute approximate surface area is 164 Å². The minimum Gasteiger partial charge on any atom is -0.323 e. The topological polar surface area (TPSA) is 46.9 Å². The van der Waals surface area contributed by atoms with Crippen molar-refractivity contribution in [3.63, 3.8) is 0 Å². The van der Waals surface area contributed by atoms with Gasteiger partial charge >= 0.3 is 0 Å². The van der Waals surface area contributed by atoms with Crippen LogP contribution >= 0.6 is 11.6 Å². The van der Waals surface area contributed by atoms with Crippen LogP contribution in [0.1, 0.15) is 34.9 Å². The van der Waals surface area contributed by atoms with Gasteiger partial charge in [0, 0.05) is 10.9 Å². The molecule has 0 aliphatic heterocycles. The molecule has 1 aliphatic carbocycles. The first-order valence-electron chi connectivity index (χ1n) is 9.17. The van der Waals surface area contributed by atoms with Crippen LogP contribution in [0.3, 0.4) is 0 Å². The molecule has 2 unspecified atom stereocenters. The lowest BCUT2D eigenvalue weighted by Gasteiger charge is -2.07. The fraction of sp³-hybridized carbons (Fsp3) is 0.273. The van der Waals surface area contributed by atoms with Crippen LogP contribution in [0.2, 0.25) is 5.02 Å². The molecule has 1 N–H and O–H groups in total. The third-order valence-corrected chi connectivity index (χ3v) is 5.48. The van der Waals surface area contributed by atoms with Crippen molar-refractivity contribution >= 4 is 23.2 Å². The lowest BCUT2D eigenvalue weighted by Crippen LogP contribution is -2.16. The predicted octanol–water partition coefficient (Wildman–Crippen LogP) is 4.94. The van der Waals surface area contributed by atoms with Crippen molar-refractivity contribution in [2.24, 2.45) is 5.92 Å². The van der Waals surface area contributed by atoms with Crippen molar-refractivity contribution in [1.29, 1.82) is 0 Å². The molecular weight excluding hydrogens is 358 g/mol. The van der Waals surface area contributed by atoms with Crippen LogP contribution in [0.15, 0.2) is 54.6 Å². The Kier molecular flexibility index (Phi) is 4.75. The monoisotopic (exact) mass is 379 g/mol. The van der Waals surface area contributed by atoms with Gasteiger partial charge < -0.3 is 5.32 Å². The van der Waals surface area contributed by atoms with Crippen molar-refractivity contribution in [3.05, 3.63) is 82.1 Å². The first kappa shape index (κ1) is 17.8. The van der Waals surface area contributed by atoms with E-state index in [1.165, 1.54) is 11.1 Å². The number of aromatic nitrogens is 2. The number of nitrogens with zero attached hydrogens (tertiary/aromatic N) is 2. The maximum atomic E-state index is 12.7. The van der Waals surface area contributed by atoms with E-state index in [4.69, 9.17) is 11.6 Å². The number of rotatable bonds is 5. The molecule has 27 heavy (non-hydrogen) atoms. The molecule has 138 valence electrons. The van der Waals surface area contributed by atoms with Gasteiger partial charge in [-0.3, -0.25) is 9.48 Å². The van der Waals surface area contributed by atoms with E-state index in [-0.39, 0.29) is 17.7 Å². The Morgan fingerprint density at radius 2 is 1.85 bits per heavy atom. The summed E-state index contributed by atoms with van der Waals surface area (Å²) in [5.74, 6) is 0.366. The first-order valence-corrected chi connectivity index (χ1v) is 9.55. The number of nitrogens with one attached hydrogen (secondary N) is 1. The van der Waals surface area contributed by atoms with E-state index in [1.807, 2.05) is 61.0 Å². The molecule has 0 saturated heterocycles. The van der Waals surface area contributed by atoms with Crippen LogP contribution in [0.25, 0.3) is 0 Å². The summed E-state index contributed by atoms with van der Waals surface area (Å²) in [6, 6.07) is 18.0. The maximum Gasteiger partial charge on any atom is 0.228 e. The molecule has 5 heteroatoms. The number of aryl methyl sites for hydroxylation is 1. The Balaban J connectivity index is 1.45. The molecule has 1 aromatic heterocycles. The van der Waals surface area contributed by atoms with Gasteiger partial charge in [-0.2, -0.15) is 5.10 Å². The minimum atomic E-state index is 0.0162. The molecule has 1 aliphatic rings. The largest absolute Gasteiger partial charge is 0.323 e. The van der Waals surface area contributed by atoms with Crippen molar-refractivity contribution in [2.75, 3.05) is 5.32 Å². The van der Waals surface area contributed by atoms with E-state index in [1.54, 1.807) is 0 Å². The summed E-state index contributed by atoms with van der Waals surface area (Å²) >= 11 is 5.95. The van der Waals surface area contributed by atoms with E-state index in [2.05, 4.69) is 22.5 Å². The molecule has 4 nitrogen and oxygen atoms in total. The fourth-order valence-electron chi connectivity index (χ4n) is 3.57. The highest BCUT2D eigenvalue weighted by Crippen LogP contribution is 2.48. The smallest absolute Gasteiger partial charge is 0.228 e. The molecule has 0 radical (unpaired) electrons. The number of carbonyl (C=O) groups excluding carboxylic acids is 1. The molecule has 2 atom stereocenters. The standard InChI is InChI=1S/C22H22ClN3O/c1-14-21(15(2)26(25-14)13-16-6-4-3-5-7-16)24-22(27)20-12-19(20)17-8-10-18(23)11-9-17/h3-11,19-20H,12-13H2,1-2H3,(H,24,27). The van der Waals surface area contributed by atoms with Crippen molar-refractivity contribution < 1.29 is 4.79 Å². The van der Waals surface area contributed by atoms with Gasteiger partial charge in [0.25, 0.3) is 0 Å². The maximum absolute atomic E-state index is 12.7. The normalized spacial score (nSPS) is 18.3. The zero-order valence-electron chi connectivity index (χ0n) is 15.4. The molecule has 1 amide bonds. The Morgan fingerprint density at radius 1 is 1.15 bits per heavy atom. The summed E-state index contributed by atoms with van der Waals surface area (Å²) in [7, 11) is 0. The average Bonchev–Trinajstić information content (AvgIpc) is 3.42. The lowest BCUT2D eigenvalue weighted by atomic mass is 10.1. The van der Waals surface area contributed by atoms with Crippen molar-refractivity contribution in [1.82, 2.24) is 9.78 Å². The van der Waals surface area contributed by atoms with Crippen LogP contribution in [0, 0.1) is 19.8 Å². The van der Waals surface area contributed by atoms with Crippen molar-refractivity contribution in [2.45, 2.75) is 32.7 Å². The molecular formula is C22H22ClN3O. The molecule has 0 spiro atoms. The van der Waals surface area contributed by atoms with Gasteiger partial charge in [-0.05, 0) is 49.4 Å². The van der Waals surface area contributed by atoms with E-state index in [0.29, 0.717) is 6.54 Å². The van der Waals surface area contributed by atoms with Gasteiger partial charge in [-0.1, -0.05) is 54.1 Å². The van der Waals surface area contributed by atoms with Gasteiger partial charge in [0.05, 0.1) is 23.6 Å². The summed E-state index contributed by atoms with van der Waals surface area (Å²) in [6.07, 6.45) is 0.879. The Hall–Kier alpha value is -2.59. The Morgan fingerprint density at radius 3 is 2.56 bits per heavy atom. The Bertz CT molecular complexity index is 963. The van der Waals surface area contributed by atoms with Crippen LogP contribution in [0.4, 0.5) is 5.69 Å². The van der Waals surface area contributed by atoms with E-state index in [9.17, 15) is 4.79 Å². The predicted molar refractivity (Wildman–Crippen MR) is 108 cm³/mol. The molecule has 1 fully saturated rings. The third-order valence-electron chi connectivity index (χ3n) is 5.23. The SMILES string of the molecule is Cc1nn(Cc2ccccc2)c(C)c1NC(=O)C1CC1c1ccc(Cl)cc1. The number of halogens is 1. The number of benzene rings is 2. The van der Waals surface area contributed by atoms with Crippen LogP contribution in [0.5, 0.6) is 0 Å². The zero-order valence-corrected chi connectivity index (χ0v) is 16.2. The molecule has 2 aromatic carbocycles. The second-order valence-corrected chi connectivity index (χ2v) is 7.61. The average molecular weight is 380 g/mol. The first-order chi connectivity index (χ1) is 13.0. The molecule has 4 rings (SSSR count). The molecule has 0 bridgehead atoms.